The summed E-state index contributed by atoms with van der Waals surface area (Å²) in [5.41, 5.74) is -6.49. The summed E-state index contributed by atoms with van der Waals surface area (Å²) in [6, 6.07) is -0.903. The molecule has 15 nitrogen and oxygen atoms in total. The van der Waals surface area contributed by atoms with Crippen molar-refractivity contribution in [2.45, 2.75) is 185 Å². The number of nitrogens with zero attached hydrogens (tertiary/aromatic N) is 1. The van der Waals surface area contributed by atoms with Gasteiger partial charge in [-0.25, -0.2) is 0 Å². The third kappa shape index (κ3) is 10.8. The first-order valence-corrected chi connectivity index (χ1v) is 20.2. The third-order valence-corrected chi connectivity index (χ3v) is 12.5. The largest absolute Gasteiger partial charge is 0.459 e. The Kier molecular flexibility index (Phi) is 17.2. The quantitative estimate of drug-likeness (QED) is 0.153. The number of nitrogens with one attached hydrogen (secondary N) is 1. The van der Waals surface area contributed by atoms with Crippen molar-refractivity contribution in [1.82, 2.24) is 10.2 Å². The monoisotopic (exact) mass is 803 g/mol. The van der Waals surface area contributed by atoms with Crippen LogP contribution in [0.1, 0.15) is 94.9 Å². The van der Waals surface area contributed by atoms with Gasteiger partial charge in [0.05, 0.1) is 29.8 Å². The van der Waals surface area contributed by atoms with E-state index in [2.05, 4.69) is 17.2 Å². The lowest BCUT2D eigenvalue weighted by Gasteiger charge is -2.51. The van der Waals surface area contributed by atoms with Gasteiger partial charge in [0.1, 0.15) is 42.2 Å². The van der Waals surface area contributed by atoms with E-state index < -0.39 is 95.5 Å². The molecule has 56 heavy (non-hydrogen) atoms. The molecule has 15 heteroatoms. The van der Waals surface area contributed by atoms with E-state index in [0.29, 0.717) is 13.0 Å². The minimum Gasteiger partial charge on any atom is -0.459 e. The molecule has 0 amide bonds. The molecule has 0 unspecified atom stereocenters. The van der Waals surface area contributed by atoms with Crippen LogP contribution in [-0.4, -0.2) is 168 Å². The summed E-state index contributed by atoms with van der Waals surface area (Å²) >= 11 is 0. The highest BCUT2D eigenvalue weighted by molar-refractivity contribution is 5.73. The minimum absolute atomic E-state index is 0.00946. The van der Waals surface area contributed by atoms with Gasteiger partial charge < -0.3 is 68.9 Å². The average molecular weight is 803 g/mol. The van der Waals surface area contributed by atoms with Gasteiger partial charge in [0.15, 0.2) is 18.2 Å². The number of hydrogen-bond donors (Lipinski definition) is 6. The van der Waals surface area contributed by atoms with Crippen LogP contribution in [-0.2, 0) is 38.0 Å². The van der Waals surface area contributed by atoms with Gasteiger partial charge >= 0.3 is 5.97 Å². The SMILES string of the molecule is CC[C@H]1OC(=O)[C@H](C)[C@@H](O[C@H]2C[C@@](C)(OC)[C@@](O)(C#CCOC)[C@H](C)O2)[C@H](C)[C@@H](O[C@@H]2O[C@H](C)C[C@H](N(C)C)[C@H]2O)[C@](C)(O)C[C@@H](C)CN[C@H](C)[C@@H](O)[C@]1(C)O. The maximum Gasteiger partial charge on any atom is 0.311 e. The molecular formula is C41H74N2O13. The van der Waals surface area contributed by atoms with Crippen molar-refractivity contribution in [3.63, 3.8) is 0 Å². The number of cyclic esters (lactones) is 1. The molecule has 18 atom stereocenters. The molecule has 0 aromatic heterocycles. The lowest BCUT2D eigenvalue weighted by Crippen LogP contribution is -2.66. The zero-order valence-corrected chi connectivity index (χ0v) is 36.3. The van der Waals surface area contributed by atoms with Crippen LogP contribution in [0.2, 0.25) is 0 Å². The first kappa shape index (κ1) is 48.9. The van der Waals surface area contributed by atoms with Gasteiger partial charge in [-0.3, -0.25) is 4.79 Å². The van der Waals surface area contributed by atoms with Crippen molar-refractivity contribution in [1.29, 1.82) is 0 Å². The third-order valence-electron chi connectivity index (χ3n) is 12.5. The van der Waals surface area contributed by atoms with Crippen molar-refractivity contribution < 1.29 is 63.5 Å². The van der Waals surface area contributed by atoms with Gasteiger partial charge in [0.25, 0.3) is 0 Å². The molecule has 6 N–H and O–H groups in total. The molecule has 0 radical (unpaired) electrons. The molecule has 0 aliphatic carbocycles. The fraction of sp³-hybridized carbons (Fsp3) is 0.927. The number of carbonyl (C=O) groups is 1. The van der Waals surface area contributed by atoms with Crippen LogP contribution in [0.25, 0.3) is 0 Å². The molecular weight excluding hydrogens is 728 g/mol. The van der Waals surface area contributed by atoms with Gasteiger partial charge in [-0.15, -0.1) is 0 Å². The smallest absolute Gasteiger partial charge is 0.311 e. The van der Waals surface area contributed by atoms with Crippen LogP contribution in [0.15, 0.2) is 0 Å². The number of methoxy groups -OCH3 is 2. The van der Waals surface area contributed by atoms with Gasteiger partial charge in [-0.1, -0.05) is 32.6 Å². The van der Waals surface area contributed by atoms with E-state index in [1.54, 1.807) is 48.5 Å². The van der Waals surface area contributed by atoms with Crippen LogP contribution in [0, 0.1) is 29.6 Å². The van der Waals surface area contributed by atoms with Crippen molar-refractivity contribution in [2.75, 3.05) is 41.5 Å². The summed E-state index contributed by atoms with van der Waals surface area (Å²) in [6.07, 6.45) is -8.12. The Hall–Kier alpha value is -1.49. The Morgan fingerprint density at radius 1 is 0.964 bits per heavy atom. The van der Waals surface area contributed by atoms with E-state index in [9.17, 15) is 30.3 Å². The number of likely N-dealkylation sites (N-methyl/N-ethyl adjacent to an activating group) is 1. The van der Waals surface area contributed by atoms with E-state index in [0.717, 1.165) is 0 Å². The topological polar surface area (TPSA) is 198 Å². The molecule has 3 rings (SSSR count). The van der Waals surface area contributed by atoms with Gasteiger partial charge in [0, 0.05) is 38.6 Å². The van der Waals surface area contributed by atoms with Crippen LogP contribution in [0.5, 0.6) is 0 Å². The second kappa shape index (κ2) is 19.7. The second-order valence-electron chi connectivity index (χ2n) is 17.6. The predicted octanol–water partition coefficient (Wildman–Crippen LogP) is 1.58. The number of aliphatic hydroxyl groups is 5. The first-order valence-electron chi connectivity index (χ1n) is 20.2. The number of esters is 1. The Balaban J connectivity index is 2.18. The summed E-state index contributed by atoms with van der Waals surface area (Å²) in [5, 5.41) is 62.3. The Bertz CT molecular complexity index is 1320. The van der Waals surface area contributed by atoms with E-state index in [-0.39, 0.29) is 43.9 Å². The number of carbonyl (C=O) groups excluding carboxylic acids is 1. The van der Waals surface area contributed by atoms with Crippen molar-refractivity contribution >= 4 is 5.97 Å². The summed E-state index contributed by atoms with van der Waals surface area (Å²) in [4.78, 5) is 16.2. The zero-order chi connectivity index (χ0) is 42.6. The van der Waals surface area contributed by atoms with Crippen molar-refractivity contribution in [3.05, 3.63) is 0 Å². The molecule has 0 bridgehead atoms. The highest BCUT2D eigenvalue weighted by Crippen LogP contribution is 2.43. The lowest BCUT2D eigenvalue weighted by atomic mass is 9.75. The van der Waals surface area contributed by atoms with E-state index in [1.807, 2.05) is 32.8 Å². The molecule has 0 spiro atoms. The van der Waals surface area contributed by atoms with Gasteiger partial charge in [-0.2, -0.15) is 0 Å². The fourth-order valence-corrected chi connectivity index (χ4v) is 8.84. The van der Waals surface area contributed by atoms with Crippen molar-refractivity contribution in [2.24, 2.45) is 17.8 Å². The lowest BCUT2D eigenvalue weighted by molar-refractivity contribution is -0.327. The van der Waals surface area contributed by atoms with E-state index in [4.69, 9.17) is 33.2 Å². The molecule has 3 aliphatic rings. The minimum atomic E-state index is -1.83. The molecule has 326 valence electrons. The van der Waals surface area contributed by atoms with Gasteiger partial charge in [-0.05, 0) is 94.3 Å². The Morgan fingerprint density at radius 2 is 1.61 bits per heavy atom. The molecule has 0 aromatic rings. The molecule has 3 fully saturated rings. The normalized spacial score (nSPS) is 47.6. The molecule has 0 aromatic carbocycles. The molecule has 3 saturated heterocycles. The number of rotatable bonds is 8. The first-order chi connectivity index (χ1) is 25.9. The number of hydrogen-bond acceptors (Lipinski definition) is 15. The predicted molar refractivity (Wildman–Crippen MR) is 208 cm³/mol. The summed E-state index contributed by atoms with van der Waals surface area (Å²) < 4.78 is 43.1. The van der Waals surface area contributed by atoms with Crippen LogP contribution < -0.4 is 5.32 Å². The van der Waals surface area contributed by atoms with Crippen LogP contribution in [0.3, 0.4) is 0 Å². The highest BCUT2D eigenvalue weighted by atomic mass is 16.7. The van der Waals surface area contributed by atoms with Crippen LogP contribution in [0.4, 0.5) is 0 Å². The standard InChI is InChI=1S/C41H74N2O13/c1-15-30-40(10,48)34(45)27(6)42-22-23(2)20-38(8,47)35(56-37-32(44)29(43(11)12)19-24(3)52-37)25(4)33(26(5)36(46)54-30)55-31-21-39(9,51-14)41(49,28(7)53-31)17-16-18-50-13/h23-35,37,42,44-45,47-49H,15,18-22H2,1-14H3/t23-,24-,25+,26-,27-,28+,29+,30-,31+,32-,33+,34-,35-,37+,38-,39-,40-,41-/m1/s1. The van der Waals surface area contributed by atoms with Crippen LogP contribution >= 0.6 is 0 Å². The number of aliphatic hydroxyl groups excluding tert-OH is 2. The zero-order valence-electron chi connectivity index (χ0n) is 36.3. The van der Waals surface area contributed by atoms with E-state index in [1.165, 1.54) is 21.1 Å². The average Bonchev–Trinajstić information content (AvgIpc) is 3.12. The van der Waals surface area contributed by atoms with Crippen molar-refractivity contribution in [3.8, 4) is 11.8 Å². The highest BCUT2D eigenvalue weighted by Gasteiger charge is 2.58. The Morgan fingerprint density at radius 3 is 2.18 bits per heavy atom. The summed E-state index contributed by atoms with van der Waals surface area (Å²) in [7, 11) is 6.71. The fourth-order valence-electron chi connectivity index (χ4n) is 8.84. The Labute approximate surface area is 335 Å². The maximum absolute atomic E-state index is 14.3. The second-order valence-corrected chi connectivity index (χ2v) is 17.6. The molecule has 0 saturated carbocycles. The van der Waals surface area contributed by atoms with Gasteiger partial charge in [0.2, 0.25) is 0 Å². The molecule has 3 heterocycles. The maximum atomic E-state index is 14.3. The van der Waals surface area contributed by atoms with E-state index >= 15 is 0 Å². The summed E-state index contributed by atoms with van der Waals surface area (Å²) in [6.45, 7) is 17.7. The summed E-state index contributed by atoms with van der Waals surface area (Å²) in [5.74, 6) is 2.92. The molecule has 3 aliphatic heterocycles. The number of ether oxygens (including phenoxy) is 7.